The number of piperazine rings is 1. The fourth-order valence-corrected chi connectivity index (χ4v) is 4.18. The molecular formula is C21H23ClN2O2S. The number of carbonyl (C=O) groups is 2. The Labute approximate surface area is 169 Å². The Hall–Kier alpha value is -1.98. The number of benzene rings is 2. The van der Waals surface area contributed by atoms with E-state index in [0.717, 1.165) is 53.8 Å². The second-order valence-electron chi connectivity index (χ2n) is 6.59. The average molecular weight is 403 g/mol. The number of rotatable bonds is 6. The highest BCUT2D eigenvalue weighted by molar-refractivity contribution is 7.99. The molecule has 1 amide bonds. The van der Waals surface area contributed by atoms with Crippen LogP contribution in [0.2, 0.25) is 5.02 Å². The van der Waals surface area contributed by atoms with Crippen LogP contribution in [0.25, 0.3) is 0 Å². The van der Waals surface area contributed by atoms with Crippen LogP contribution < -0.4 is 4.90 Å². The number of nitrogens with zero attached hydrogens (tertiary/aromatic N) is 2. The van der Waals surface area contributed by atoms with Gasteiger partial charge < -0.3 is 9.80 Å². The van der Waals surface area contributed by atoms with Crippen LogP contribution in [0.15, 0.2) is 48.5 Å². The van der Waals surface area contributed by atoms with Gasteiger partial charge in [-0.25, -0.2) is 0 Å². The number of halogens is 1. The van der Waals surface area contributed by atoms with E-state index in [1.807, 2.05) is 53.4 Å². The Morgan fingerprint density at radius 1 is 1.04 bits per heavy atom. The molecule has 0 N–H and O–H groups in total. The van der Waals surface area contributed by atoms with Crippen molar-refractivity contribution in [1.82, 2.24) is 4.90 Å². The number of thioether (sulfide) groups is 1. The zero-order valence-electron chi connectivity index (χ0n) is 15.4. The maximum atomic E-state index is 12.4. The first-order valence-corrected chi connectivity index (χ1v) is 10.5. The van der Waals surface area contributed by atoms with Crippen molar-refractivity contribution < 1.29 is 9.59 Å². The van der Waals surface area contributed by atoms with Crippen LogP contribution in [0.4, 0.5) is 5.69 Å². The van der Waals surface area contributed by atoms with E-state index < -0.39 is 0 Å². The standard InChI is InChI=1S/C21H23ClN2O2S/c1-16(25)18-5-7-20(8-6-18)23-9-11-24(12-10-23)21(26)15-27-14-17-3-2-4-19(22)13-17/h2-8,13H,9-12,14-15H2,1H3. The molecule has 0 saturated carbocycles. The molecule has 1 fully saturated rings. The van der Waals surface area contributed by atoms with Gasteiger partial charge in [0.25, 0.3) is 0 Å². The summed E-state index contributed by atoms with van der Waals surface area (Å²) in [5, 5.41) is 0.729. The molecule has 0 aromatic heterocycles. The van der Waals surface area contributed by atoms with Gasteiger partial charge >= 0.3 is 0 Å². The molecule has 1 heterocycles. The summed E-state index contributed by atoms with van der Waals surface area (Å²) in [6.45, 7) is 4.65. The van der Waals surface area contributed by atoms with Gasteiger partial charge in [0.1, 0.15) is 0 Å². The highest BCUT2D eigenvalue weighted by atomic mass is 35.5. The van der Waals surface area contributed by atoms with Crippen molar-refractivity contribution in [2.24, 2.45) is 0 Å². The molecule has 142 valence electrons. The molecule has 0 bridgehead atoms. The lowest BCUT2D eigenvalue weighted by atomic mass is 10.1. The monoisotopic (exact) mass is 402 g/mol. The molecule has 0 spiro atoms. The fraction of sp³-hybridized carbons (Fsp3) is 0.333. The van der Waals surface area contributed by atoms with Gasteiger partial charge in [-0.05, 0) is 48.9 Å². The Morgan fingerprint density at radius 2 is 1.74 bits per heavy atom. The van der Waals surface area contributed by atoms with Crippen LogP contribution in [0.1, 0.15) is 22.8 Å². The van der Waals surface area contributed by atoms with E-state index in [1.165, 1.54) is 0 Å². The first-order chi connectivity index (χ1) is 13.0. The van der Waals surface area contributed by atoms with E-state index in [0.29, 0.717) is 5.75 Å². The lowest BCUT2D eigenvalue weighted by molar-refractivity contribution is -0.128. The summed E-state index contributed by atoms with van der Waals surface area (Å²) in [6, 6.07) is 15.4. The Kier molecular flexibility index (Phi) is 6.80. The lowest BCUT2D eigenvalue weighted by Gasteiger charge is -2.36. The average Bonchev–Trinajstić information content (AvgIpc) is 2.68. The summed E-state index contributed by atoms with van der Waals surface area (Å²) < 4.78 is 0. The second kappa shape index (κ2) is 9.29. The van der Waals surface area contributed by atoms with Crippen LogP contribution in [0, 0.1) is 0 Å². The van der Waals surface area contributed by atoms with E-state index in [1.54, 1.807) is 18.7 Å². The number of anilines is 1. The van der Waals surface area contributed by atoms with Crippen LogP contribution in [-0.4, -0.2) is 48.5 Å². The third-order valence-corrected chi connectivity index (χ3v) is 5.88. The molecule has 6 heteroatoms. The van der Waals surface area contributed by atoms with Gasteiger partial charge in [0.05, 0.1) is 5.75 Å². The number of ketones is 1. The highest BCUT2D eigenvalue weighted by Gasteiger charge is 2.21. The third-order valence-electron chi connectivity index (χ3n) is 4.65. The zero-order valence-corrected chi connectivity index (χ0v) is 16.9. The largest absolute Gasteiger partial charge is 0.368 e. The van der Waals surface area contributed by atoms with E-state index in [9.17, 15) is 9.59 Å². The summed E-state index contributed by atoms with van der Waals surface area (Å²) in [4.78, 5) is 28.0. The molecule has 1 aliphatic heterocycles. The summed E-state index contributed by atoms with van der Waals surface area (Å²) >= 11 is 7.61. The van der Waals surface area contributed by atoms with Crippen LogP contribution in [-0.2, 0) is 10.5 Å². The summed E-state index contributed by atoms with van der Waals surface area (Å²) in [5.74, 6) is 1.54. The summed E-state index contributed by atoms with van der Waals surface area (Å²) in [6.07, 6.45) is 0. The molecule has 1 aliphatic rings. The first-order valence-electron chi connectivity index (χ1n) is 8.99. The smallest absolute Gasteiger partial charge is 0.232 e. The van der Waals surface area contributed by atoms with Crippen molar-refractivity contribution in [1.29, 1.82) is 0 Å². The van der Waals surface area contributed by atoms with Gasteiger partial charge in [0.2, 0.25) is 5.91 Å². The normalized spacial score (nSPS) is 14.3. The molecule has 27 heavy (non-hydrogen) atoms. The van der Waals surface area contributed by atoms with Crippen LogP contribution in [0.5, 0.6) is 0 Å². The second-order valence-corrected chi connectivity index (χ2v) is 8.02. The van der Waals surface area contributed by atoms with Crippen molar-refractivity contribution in [3.8, 4) is 0 Å². The number of hydrogen-bond donors (Lipinski definition) is 0. The van der Waals surface area contributed by atoms with Gasteiger partial charge in [0.15, 0.2) is 5.78 Å². The molecule has 1 saturated heterocycles. The number of amides is 1. The van der Waals surface area contributed by atoms with Crippen LogP contribution >= 0.6 is 23.4 Å². The van der Waals surface area contributed by atoms with E-state index in [-0.39, 0.29) is 11.7 Å². The van der Waals surface area contributed by atoms with Gasteiger partial charge in [-0.1, -0.05) is 23.7 Å². The van der Waals surface area contributed by atoms with Crippen molar-refractivity contribution in [2.45, 2.75) is 12.7 Å². The SMILES string of the molecule is CC(=O)c1ccc(N2CCN(C(=O)CSCc3cccc(Cl)c3)CC2)cc1. The molecule has 0 aliphatic carbocycles. The van der Waals surface area contributed by atoms with Crippen LogP contribution in [0.3, 0.4) is 0 Å². The molecule has 3 rings (SSSR count). The predicted molar refractivity (Wildman–Crippen MR) is 113 cm³/mol. The molecule has 2 aromatic carbocycles. The van der Waals surface area contributed by atoms with E-state index >= 15 is 0 Å². The number of Topliss-reactive ketones (excluding diaryl/α,β-unsaturated/α-hetero) is 1. The predicted octanol–water partition coefficient (Wildman–Crippen LogP) is 4.12. The molecule has 0 unspecified atom stereocenters. The maximum Gasteiger partial charge on any atom is 0.232 e. The minimum atomic E-state index is 0.0761. The van der Waals surface area contributed by atoms with Crippen molar-refractivity contribution in [3.63, 3.8) is 0 Å². The fourth-order valence-electron chi connectivity index (χ4n) is 3.10. The highest BCUT2D eigenvalue weighted by Crippen LogP contribution is 2.20. The topological polar surface area (TPSA) is 40.6 Å². The number of carbonyl (C=O) groups excluding carboxylic acids is 2. The minimum Gasteiger partial charge on any atom is -0.368 e. The van der Waals surface area contributed by atoms with Crippen molar-refractivity contribution >= 4 is 40.7 Å². The molecular weight excluding hydrogens is 380 g/mol. The third kappa shape index (κ3) is 5.50. The summed E-state index contributed by atoms with van der Waals surface area (Å²) in [7, 11) is 0. The van der Waals surface area contributed by atoms with Crippen molar-refractivity contribution in [2.75, 3.05) is 36.8 Å². The zero-order chi connectivity index (χ0) is 19.2. The lowest BCUT2D eigenvalue weighted by Crippen LogP contribution is -2.49. The van der Waals surface area contributed by atoms with Crippen molar-refractivity contribution in [3.05, 3.63) is 64.7 Å². The molecule has 0 radical (unpaired) electrons. The maximum absolute atomic E-state index is 12.4. The molecule has 4 nitrogen and oxygen atoms in total. The molecule has 0 atom stereocenters. The Morgan fingerprint density at radius 3 is 2.37 bits per heavy atom. The Balaban J connectivity index is 1.44. The molecule has 2 aromatic rings. The number of hydrogen-bond acceptors (Lipinski definition) is 4. The van der Waals surface area contributed by atoms with E-state index in [4.69, 9.17) is 11.6 Å². The summed E-state index contributed by atoms with van der Waals surface area (Å²) in [5.41, 5.74) is 2.96. The first kappa shape index (κ1) is 19.8. The minimum absolute atomic E-state index is 0.0761. The Bertz CT molecular complexity index is 802. The van der Waals surface area contributed by atoms with Gasteiger partial charge in [0, 0.05) is 48.2 Å². The van der Waals surface area contributed by atoms with E-state index in [2.05, 4.69) is 4.90 Å². The van der Waals surface area contributed by atoms with Gasteiger partial charge in [-0.2, -0.15) is 0 Å². The quantitative estimate of drug-likeness (QED) is 0.681. The van der Waals surface area contributed by atoms with Gasteiger partial charge in [-0.15, -0.1) is 11.8 Å². The van der Waals surface area contributed by atoms with Gasteiger partial charge in [-0.3, -0.25) is 9.59 Å².